The van der Waals surface area contributed by atoms with Crippen LogP contribution >= 0.6 is 0 Å². The molecular formula is C30H36N2O3. The van der Waals surface area contributed by atoms with Crippen molar-refractivity contribution in [1.82, 2.24) is 0 Å². The lowest BCUT2D eigenvalue weighted by atomic mass is 9.87. The van der Waals surface area contributed by atoms with Gasteiger partial charge in [-0.25, -0.2) is 0 Å². The normalized spacial score (nSPS) is 11.1. The van der Waals surface area contributed by atoms with Gasteiger partial charge >= 0.3 is 0 Å². The van der Waals surface area contributed by atoms with Crippen molar-refractivity contribution in [2.24, 2.45) is 5.41 Å². The molecule has 3 aromatic rings. The summed E-state index contributed by atoms with van der Waals surface area (Å²) in [5.41, 5.74) is 4.31. The quantitative estimate of drug-likeness (QED) is 0.305. The molecule has 0 radical (unpaired) electrons. The summed E-state index contributed by atoms with van der Waals surface area (Å²) in [5.74, 6) is 0.832. The molecular weight excluding hydrogens is 436 g/mol. The Kier molecular flexibility index (Phi) is 9.07. The maximum atomic E-state index is 12.9. The van der Waals surface area contributed by atoms with E-state index in [0.29, 0.717) is 37.2 Å². The van der Waals surface area contributed by atoms with Crippen LogP contribution in [-0.2, 0) is 16.0 Å². The third-order valence-electron chi connectivity index (χ3n) is 6.07. The van der Waals surface area contributed by atoms with Crippen molar-refractivity contribution in [3.8, 4) is 5.75 Å². The maximum absolute atomic E-state index is 12.9. The van der Waals surface area contributed by atoms with Crippen LogP contribution < -0.4 is 15.4 Å². The number of hydrogen-bond acceptors (Lipinski definition) is 3. The van der Waals surface area contributed by atoms with Gasteiger partial charge in [-0.1, -0.05) is 56.3 Å². The van der Waals surface area contributed by atoms with Gasteiger partial charge in [0.05, 0.1) is 6.61 Å². The number of anilines is 2. The molecule has 0 saturated carbocycles. The summed E-state index contributed by atoms with van der Waals surface area (Å²) >= 11 is 0. The first-order valence-electron chi connectivity index (χ1n) is 12.2. The molecule has 5 nitrogen and oxygen atoms in total. The molecule has 0 aliphatic rings. The monoisotopic (exact) mass is 472 g/mol. The highest BCUT2D eigenvalue weighted by atomic mass is 16.5. The van der Waals surface area contributed by atoms with Crippen LogP contribution in [0.3, 0.4) is 0 Å². The lowest BCUT2D eigenvalue weighted by molar-refractivity contribution is -0.124. The summed E-state index contributed by atoms with van der Waals surface area (Å²) < 4.78 is 5.93. The Morgan fingerprint density at radius 3 is 2.20 bits per heavy atom. The Labute approximate surface area is 208 Å². The molecule has 184 valence electrons. The van der Waals surface area contributed by atoms with Gasteiger partial charge in [0.1, 0.15) is 5.75 Å². The smallest absolute Gasteiger partial charge is 0.230 e. The first-order chi connectivity index (χ1) is 16.7. The van der Waals surface area contributed by atoms with Gasteiger partial charge in [-0.05, 0) is 80.1 Å². The van der Waals surface area contributed by atoms with Gasteiger partial charge in [0.2, 0.25) is 11.8 Å². The standard InChI is InChI=1S/C30H36N2O3/c1-22-11-12-23(2)27(21-22)35-20-8-19-30(3,4)29(34)32-26-16-14-25(15-17-26)31-28(33)18-13-24-9-6-5-7-10-24/h5-7,9-12,14-17,21H,8,13,18-20H2,1-4H3,(H,31,33)(H,32,34). The fraction of sp³-hybridized carbons (Fsp3) is 0.333. The summed E-state index contributed by atoms with van der Waals surface area (Å²) in [4.78, 5) is 25.1. The van der Waals surface area contributed by atoms with Crippen LogP contribution in [0.4, 0.5) is 11.4 Å². The van der Waals surface area contributed by atoms with Crippen LogP contribution in [0.2, 0.25) is 0 Å². The lowest BCUT2D eigenvalue weighted by Crippen LogP contribution is -2.31. The summed E-state index contributed by atoms with van der Waals surface area (Å²) in [5, 5.41) is 5.90. The highest BCUT2D eigenvalue weighted by molar-refractivity contribution is 5.95. The molecule has 3 rings (SSSR count). The summed E-state index contributed by atoms with van der Waals surface area (Å²) in [7, 11) is 0. The Morgan fingerprint density at radius 1 is 0.857 bits per heavy atom. The van der Waals surface area contributed by atoms with Crippen LogP contribution in [-0.4, -0.2) is 18.4 Å². The van der Waals surface area contributed by atoms with Crippen molar-refractivity contribution in [3.63, 3.8) is 0 Å². The van der Waals surface area contributed by atoms with Gasteiger partial charge in [0, 0.05) is 23.2 Å². The minimum absolute atomic E-state index is 0.0325. The van der Waals surface area contributed by atoms with Gasteiger partial charge in [0.15, 0.2) is 0 Å². The molecule has 2 N–H and O–H groups in total. The van der Waals surface area contributed by atoms with E-state index in [2.05, 4.69) is 22.8 Å². The van der Waals surface area contributed by atoms with Crippen molar-refractivity contribution >= 4 is 23.2 Å². The number of carbonyl (C=O) groups excluding carboxylic acids is 2. The fourth-order valence-electron chi connectivity index (χ4n) is 3.74. The van der Waals surface area contributed by atoms with E-state index in [1.807, 2.05) is 76.2 Å². The summed E-state index contributed by atoms with van der Waals surface area (Å²) in [6, 6.07) is 23.4. The number of benzene rings is 3. The van der Waals surface area contributed by atoms with Gasteiger partial charge in [-0.2, -0.15) is 0 Å². The molecule has 0 spiro atoms. The van der Waals surface area contributed by atoms with Crippen molar-refractivity contribution in [3.05, 3.63) is 89.5 Å². The van der Waals surface area contributed by atoms with Crippen LogP contribution in [0, 0.1) is 19.3 Å². The molecule has 0 bridgehead atoms. The lowest BCUT2D eigenvalue weighted by Gasteiger charge is -2.24. The van der Waals surface area contributed by atoms with Crippen molar-refractivity contribution in [2.45, 2.75) is 53.4 Å². The Morgan fingerprint density at radius 2 is 1.51 bits per heavy atom. The number of carbonyl (C=O) groups is 2. The molecule has 0 unspecified atom stereocenters. The third kappa shape index (κ3) is 8.29. The number of ether oxygens (including phenoxy) is 1. The minimum Gasteiger partial charge on any atom is -0.493 e. The van der Waals surface area contributed by atoms with E-state index < -0.39 is 5.41 Å². The van der Waals surface area contributed by atoms with E-state index in [-0.39, 0.29) is 11.8 Å². The van der Waals surface area contributed by atoms with Crippen LogP contribution in [0.25, 0.3) is 0 Å². The zero-order valence-electron chi connectivity index (χ0n) is 21.2. The van der Waals surface area contributed by atoms with E-state index in [1.54, 1.807) is 12.1 Å². The van der Waals surface area contributed by atoms with Crippen LogP contribution in [0.1, 0.15) is 49.8 Å². The Bertz CT molecular complexity index is 1120. The predicted octanol–water partition coefficient (Wildman–Crippen LogP) is 6.70. The van der Waals surface area contributed by atoms with E-state index in [4.69, 9.17) is 4.74 Å². The van der Waals surface area contributed by atoms with E-state index in [9.17, 15) is 9.59 Å². The summed E-state index contributed by atoms with van der Waals surface area (Å²) in [6.07, 6.45) is 2.61. The Balaban J connectivity index is 1.42. The van der Waals surface area contributed by atoms with E-state index >= 15 is 0 Å². The van der Waals surface area contributed by atoms with Crippen molar-refractivity contribution < 1.29 is 14.3 Å². The number of hydrogen-bond donors (Lipinski definition) is 2. The van der Waals surface area contributed by atoms with Gasteiger partial charge in [-0.15, -0.1) is 0 Å². The number of amides is 2. The maximum Gasteiger partial charge on any atom is 0.230 e. The third-order valence-corrected chi connectivity index (χ3v) is 6.07. The number of nitrogens with one attached hydrogen (secondary N) is 2. The SMILES string of the molecule is Cc1ccc(C)c(OCCCC(C)(C)C(=O)Nc2ccc(NC(=O)CCc3ccccc3)cc2)c1. The van der Waals surface area contributed by atoms with Gasteiger partial charge in [0.25, 0.3) is 0 Å². The molecule has 0 aromatic heterocycles. The largest absolute Gasteiger partial charge is 0.493 e. The number of aryl methyl sites for hydroxylation is 3. The van der Waals surface area contributed by atoms with E-state index in [1.165, 1.54) is 5.56 Å². The molecule has 35 heavy (non-hydrogen) atoms. The predicted molar refractivity (Wildman–Crippen MR) is 143 cm³/mol. The van der Waals surface area contributed by atoms with Crippen LogP contribution in [0.5, 0.6) is 5.75 Å². The highest BCUT2D eigenvalue weighted by Crippen LogP contribution is 2.26. The second-order valence-corrected chi connectivity index (χ2v) is 9.67. The Hall–Kier alpha value is -3.60. The molecule has 2 amide bonds. The zero-order valence-corrected chi connectivity index (χ0v) is 21.2. The van der Waals surface area contributed by atoms with E-state index in [0.717, 1.165) is 23.3 Å². The molecule has 0 saturated heterocycles. The van der Waals surface area contributed by atoms with Gasteiger partial charge < -0.3 is 15.4 Å². The average molecular weight is 473 g/mol. The fourth-order valence-corrected chi connectivity index (χ4v) is 3.74. The topological polar surface area (TPSA) is 67.4 Å². The number of rotatable bonds is 11. The van der Waals surface area contributed by atoms with Gasteiger partial charge in [-0.3, -0.25) is 9.59 Å². The first kappa shape index (κ1) is 26.0. The molecule has 0 heterocycles. The van der Waals surface area contributed by atoms with Crippen molar-refractivity contribution in [1.29, 1.82) is 0 Å². The molecule has 0 aliphatic heterocycles. The zero-order chi connectivity index (χ0) is 25.3. The summed E-state index contributed by atoms with van der Waals surface area (Å²) in [6.45, 7) is 8.54. The second-order valence-electron chi connectivity index (χ2n) is 9.67. The van der Waals surface area contributed by atoms with Crippen molar-refractivity contribution in [2.75, 3.05) is 17.2 Å². The molecule has 3 aromatic carbocycles. The average Bonchev–Trinajstić information content (AvgIpc) is 2.84. The molecule has 5 heteroatoms. The first-order valence-corrected chi connectivity index (χ1v) is 12.2. The van der Waals surface area contributed by atoms with Crippen LogP contribution in [0.15, 0.2) is 72.8 Å². The molecule has 0 atom stereocenters. The highest BCUT2D eigenvalue weighted by Gasteiger charge is 2.27. The second kappa shape index (κ2) is 12.2. The molecule has 0 aliphatic carbocycles. The molecule has 0 fully saturated rings. The minimum atomic E-state index is -0.532.